The van der Waals surface area contributed by atoms with Crippen LogP contribution in [-0.4, -0.2) is 54.4 Å². The van der Waals surface area contributed by atoms with Gasteiger partial charge in [-0.25, -0.2) is 4.79 Å². The smallest absolute Gasteiger partial charge is 0.321 e. The molecule has 172 valence electrons. The summed E-state index contributed by atoms with van der Waals surface area (Å²) in [4.78, 5) is 16.7. The van der Waals surface area contributed by atoms with Crippen molar-refractivity contribution in [2.24, 2.45) is 0 Å². The largest absolute Gasteiger partial charge is 0.496 e. The first-order valence-corrected chi connectivity index (χ1v) is 11.2. The summed E-state index contributed by atoms with van der Waals surface area (Å²) in [5.41, 5.74) is 3.83. The topological polar surface area (TPSA) is 70.6 Å². The fourth-order valence-electron chi connectivity index (χ4n) is 3.89. The third-order valence-corrected chi connectivity index (χ3v) is 5.93. The van der Waals surface area contributed by atoms with E-state index in [-0.39, 0.29) is 11.4 Å². The van der Waals surface area contributed by atoms with Crippen molar-refractivity contribution in [3.63, 3.8) is 0 Å². The standard InChI is InChI=1S/C26H31N5O2/c1-26(2,3)19-9-11-20(12-10-19)27-25(32)31-17-15-30(16-18-31)24-14-13-22(28-29-24)21-7-5-6-8-23(21)33-4/h5-14H,15-18H2,1-4H3,(H,27,32). The van der Waals surface area contributed by atoms with Gasteiger partial charge in [-0.2, -0.15) is 0 Å². The van der Waals surface area contributed by atoms with Crippen LogP contribution in [0.1, 0.15) is 26.3 Å². The number of anilines is 2. The van der Waals surface area contributed by atoms with Crippen LogP contribution in [0.4, 0.5) is 16.3 Å². The van der Waals surface area contributed by atoms with Crippen molar-refractivity contribution < 1.29 is 9.53 Å². The number of ether oxygens (including phenoxy) is 1. The Kier molecular flexibility index (Phi) is 6.49. The van der Waals surface area contributed by atoms with E-state index in [0.29, 0.717) is 26.2 Å². The summed E-state index contributed by atoms with van der Waals surface area (Å²) in [7, 11) is 1.65. The van der Waals surface area contributed by atoms with E-state index in [1.165, 1.54) is 5.56 Å². The zero-order chi connectivity index (χ0) is 23.4. The van der Waals surface area contributed by atoms with Crippen molar-refractivity contribution in [2.45, 2.75) is 26.2 Å². The third-order valence-electron chi connectivity index (χ3n) is 5.93. The minimum atomic E-state index is -0.0734. The van der Waals surface area contributed by atoms with Crippen molar-refractivity contribution in [1.29, 1.82) is 0 Å². The zero-order valence-corrected chi connectivity index (χ0v) is 19.7. The molecule has 33 heavy (non-hydrogen) atoms. The molecule has 1 saturated heterocycles. The zero-order valence-electron chi connectivity index (χ0n) is 19.7. The molecule has 1 aliphatic rings. The Balaban J connectivity index is 1.33. The first kappa shape index (κ1) is 22.6. The van der Waals surface area contributed by atoms with Gasteiger partial charge in [0.2, 0.25) is 0 Å². The molecule has 1 N–H and O–H groups in total. The molecule has 2 heterocycles. The van der Waals surface area contributed by atoms with Gasteiger partial charge in [0.25, 0.3) is 0 Å². The highest BCUT2D eigenvalue weighted by atomic mass is 16.5. The number of hydrogen-bond acceptors (Lipinski definition) is 5. The molecule has 4 rings (SSSR count). The molecule has 0 bridgehead atoms. The molecule has 2 aromatic carbocycles. The maximum Gasteiger partial charge on any atom is 0.321 e. The van der Waals surface area contributed by atoms with Crippen LogP contribution in [0, 0.1) is 0 Å². The average Bonchev–Trinajstić information content (AvgIpc) is 2.84. The van der Waals surface area contributed by atoms with Gasteiger partial charge in [0.05, 0.1) is 12.8 Å². The summed E-state index contributed by atoms with van der Waals surface area (Å²) in [5, 5.41) is 11.8. The average molecular weight is 446 g/mol. The van der Waals surface area contributed by atoms with Crippen LogP contribution in [0.25, 0.3) is 11.3 Å². The molecule has 0 unspecified atom stereocenters. The van der Waals surface area contributed by atoms with Crippen molar-refractivity contribution in [3.8, 4) is 17.0 Å². The first-order chi connectivity index (χ1) is 15.8. The Hall–Kier alpha value is -3.61. The van der Waals surface area contributed by atoms with Gasteiger partial charge in [-0.05, 0) is 47.4 Å². The number of para-hydroxylation sites is 1. The summed E-state index contributed by atoms with van der Waals surface area (Å²) in [5.74, 6) is 1.58. The second-order valence-electron chi connectivity index (χ2n) is 9.21. The lowest BCUT2D eigenvalue weighted by molar-refractivity contribution is 0.208. The number of carbonyl (C=O) groups excluding carboxylic acids is 1. The molecule has 3 aromatic rings. The molecule has 1 fully saturated rings. The number of amides is 2. The van der Waals surface area contributed by atoms with E-state index < -0.39 is 0 Å². The number of nitrogens with one attached hydrogen (secondary N) is 1. The molecule has 1 aliphatic heterocycles. The Morgan fingerprint density at radius 1 is 0.909 bits per heavy atom. The number of urea groups is 1. The molecular weight excluding hydrogens is 414 g/mol. The highest BCUT2D eigenvalue weighted by molar-refractivity contribution is 5.89. The number of methoxy groups -OCH3 is 1. The second kappa shape index (κ2) is 9.48. The predicted molar refractivity (Wildman–Crippen MR) is 132 cm³/mol. The molecule has 7 heteroatoms. The Morgan fingerprint density at radius 2 is 1.61 bits per heavy atom. The fraction of sp³-hybridized carbons (Fsp3) is 0.346. The van der Waals surface area contributed by atoms with Crippen LogP contribution in [0.2, 0.25) is 0 Å². The van der Waals surface area contributed by atoms with Crippen LogP contribution in [-0.2, 0) is 5.41 Å². The molecule has 0 spiro atoms. The lowest BCUT2D eigenvalue weighted by atomic mass is 9.87. The number of hydrogen-bond donors (Lipinski definition) is 1. The van der Waals surface area contributed by atoms with E-state index >= 15 is 0 Å². The van der Waals surface area contributed by atoms with E-state index in [4.69, 9.17) is 4.74 Å². The van der Waals surface area contributed by atoms with Crippen LogP contribution >= 0.6 is 0 Å². The lowest BCUT2D eigenvalue weighted by Gasteiger charge is -2.35. The Labute approximate surface area is 195 Å². The summed E-state index contributed by atoms with van der Waals surface area (Å²) in [6, 6.07) is 19.7. The number of rotatable bonds is 4. The van der Waals surface area contributed by atoms with Crippen molar-refractivity contribution >= 4 is 17.5 Å². The second-order valence-corrected chi connectivity index (χ2v) is 9.21. The molecule has 2 amide bonds. The molecular formula is C26H31N5O2. The Morgan fingerprint density at radius 3 is 2.21 bits per heavy atom. The van der Waals surface area contributed by atoms with E-state index in [1.54, 1.807) is 7.11 Å². The number of piperazine rings is 1. The molecule has 0 atom stereocenters. The van der Waals surface area contributed by atoms with E-state index in [9.17, 15) is 4.79 Å². The first-order valence-electron chi connectivity index (χ1n) is 11.2. The van der Waals surface area contributed by atoms with Gasteiger partial charge in [-0.1, -0.05) is 45.0 Å². The summed E-state index contributed by atoms with van der Waals surface area (Å²) in [6.45, 7) is 9.20. The molecule has 0 aliphatic carbocycles. The normalized spacial score (nSPS) is 14.2. The van der Waals surface area contributed by atoms with Gasteiger partial charge in [0, 0.05) is 37.4 Å². The monoisotopic (exact) mass is 445 g/mol. The summed E-state index contributed by atoms with van der Waals surface area (Å²) >= 11 is 0. The van der Waals surface area contributed by atoms with Gasteiger partial charge < -0.3 is 19.9 Å². The maximum atomic E-state index is 12.7. The van der Waals surface area contributed by atoms with Crippen LogP contribution in [0.15, 0.2) is 60.7 Å². The minimum Gasteiger partial charge on any atom is -0.496 e. The number of carbonyl (C=O) groups is 1. The number of aromatic nitrogens is 2. The van der Waals surface area contributed by atoms with Crippen LogP contribution < -0.4 is 15.0 Å². The van der Waals surface area contributed by atoms with E-state index in [1.807, 2.05) is 53.4 Å². The summed E-state index contributed by atoms with van der Waals surface area (Å²) < 4.78 is 5.42. The Bertz CT molecular complexity index is 1080. The van der Waals surface area contributed by atoms with Gasteiger partial charge >= 0.3 is 6.03 Å². The minimum absolute atomic E-state index is 0.0734. The SMILES string of the molecule is COc1ccccc1-c1ccc(N2CCN(C(=O)Nc3ccc(C(C)(C)C)cc3)CC2)nn1. The van der Waals surface area contributed by atoms with Crippen molar-refractivity contribution in [1.82, 2.24) is 15.1 Å². The highest BCUT2D eigenvalue weighted by Gasteiger charge is 2.22. The van der Waals surface area contributed by atoms with Crippen LogP contribution in [0.5, 0.6) is 5.75 Å². The molecule has 0 saturated carbocycles. The lowest BCUT2D eigenvalue weighted by Crippen LogP contribution is -2.50. The van der Waals surface area contributed by atoms with E-state index in [0.717, 1.165) is 28.5 Å². The van der Waals surface area contributed by atoms with Gasteiger partial charge in [-0.15, -0.1) is 10.2 Å². The van der Waals surface area contributed by atoms with Crippen LogP contribution in [0.3, 0.4) is 0 Å². The molecule has 1 aromatic heterocycles. The third kappa shape index (κ3) is 5.25. The van der Waals surface area contributed by atoms with Crippen molar-refractivity contribution in [2.75, 3.05) is 43.5 Å². The summed E-state index contributed by atoms with van der Waals surface area (Å²) in [6.07, 6.45) is 0. The number of nitrogens with zero attached hydrogens (tertiary/aromatic N) is 4. The quantitative estimate of drug-likeness (QED) is 0.624. The molecule has 0 radical (unpaired) electrons. The van der Waals surface area contributed by atoms with Crippen molar-refractivity contribution in [3.05, 3.63) is 66.2 Å². The number of benzene rings is 2. The van der Waals surface area contributed by atoms with Gasteiger partial charge in [0.1, 0.15) is 5.75 Å². The van der Waals surface area contributed by atoms with E-state index in [2.05, 4.69) is 53.3 Å². The van der Waals surface area contributed by atoms with Gasteiger partial charge in [-0.3, -0.25) is 0 Å². The van der Waals surface area contributed by atoms with Gasteiger partial charge in [0.15, 0.2) is 5.82 Å². The molecule has 7 nitrogen and oxygen atoms in total. The highest BCUT2D eigenvalue weighted by Crippen LogP contribution is 2.28. The fourth-order valence-corrected chi connectivity index (χ4v) is 3.89. The maximum absolute atomic E-state index is 12.7. The predicted octanol–water partition coefficient (Wildman–Crippen LogP) is 4.80.